The largest absolute Gasteiger partial charge is 0.480 e. The summed E-state index contributed by atoms with van der Waals surface area (Å²) >= 11 is 0. The minimum atomic E-state index is -0.417. The van der Waals surface area contributed by atoms with Crippen molar-refractivity contribution >= 4 is 17.3 Å². The van der Waals surface area contributed by atoms with E-state index in [1.807, 2.05) is 22.7 Å². The Kier molecular flexibility index (Phi) is 4.70. The predicted molar refractivity (Wildman–Crippen MR) is 97.8 cm³/mol. The highest BCUT2D eigenvalue weighted by atomic mass is 16.6. The van der Waals surface area contributed by atoms with Crippen molar-refractivity contribution < 1.29 is 19.1 Å². The van der Waals surface area contributed by atoms with Crippen molar-refractivity contribution in [2.45, 2.75) is 50.9 Å². The fourth-order valence-corrected chi connectivity index (χ4v) is 4.03. The minimum Gasteiger partial charge on any atom is -0.480 e. The van der Waals surface area contributed by atoms with Crippen molar-refractivity contribution in [3.8, 4) is 5.75 Å². The number of fused-ring (bicyclic) bond motifs is 1. The monoisotopic (exact) mass is 355 g/mol. The van der Waals surface area contributed by atoms with Crippen LogP contribution in [0.25, 0.3) is 5.52 Å². The summed E-state index contributed by atoms with van der Waals surface area (Å²) in [6.07, 6.45) is 9.73. The average Bonchev–Trinajstić information content (AvgIpc) is 3.46. The number of hydrogen-bond acceptors (Lipinski definition) is 4. The number of ether oxygens (including phenoxy) is 2. The number of methoxy groups -OCH3 is 1. The van der Waals surface area contributed by atoms with E-state index in [0.29, 0.717) is 11.7 Å². The molecule has 2 fully saturated rings. The molecular formula is C21H25NO4. The van der Waals surface area contributed by atoms with Crippen molar-refractivity contribution in [2.75, 3.05) is 13.7 Å². The van der Waals surface area contributed by atoms with E-state index in [9.17, 15) is 9.59 Å². The van der Waals surface area contributed by atoms with Gasteiger partial charge < -0.3 is 13.9 Å². The van der Waals surface area contributed by atoms with Crippen molar-refractivity contribution in [2.24, 2.45) is 5.92 Å². The van der Waals surface area contributed by atoms with Gasteiger partial charge in [-0.2, -0.15) is 0 Å². The maximum Gasteiger partial charge on any atom is 0.343 e. The molecular weight excluding hydrogens is 330 g/mol. The maximum absolute atomic E-state index is 13.3. The summed E-state index contributed by atoms with van der Waals surface area (Å²) < 4.78 is 12.3. The van der Waals surface area contributed by atoms with E-state index in [1.165, 1.54) is 13.5 Å². The Hall–Kier alpha value is -2.30. The summed E-state index contributed by atoms with van der Waals surface area (Å²) in [4.78, 5) is 24.7. The van der Waals surface area contributed by atoms with Crippen LogP contribution in [0.3, 0.4) is 0 Å². The number of carbonyl (C=O) groups excluding carboxylic acids is 2. The molecule has 138 valence electrons. The van der Waals surface area contributed by atoms with Gasteiger partial charge in [-0.1, -0.05) is 19.3 Å². The van der Waals surface area contributed by atoms with Crippen LogP contribution in [0.15, 0.2) is 24.4 Å². The average molecular weight is 355 g/mol. The highest BCUT2D eigenvalue weighted by molar-refractivity contribution is 6.00. The second-order valence-electron chi connectivity index (χ2n) is 7.41. The number of rotatable bonds is 6. The number of pyridine rings is 1. The van der Waals surface area contributed by atoms with Crippen LogP contribution in [0, 0.1) is 5.92 Å². The molecule has 0 amide bonds. The summed E-state index contributed by atoms with van der Waals surface area (Å²) in [6.45, 7) is -0.133. The number of carbonyl (C=O) groups is 2. The molecule has 0 N–H and O–H groups in total. The van der Waals surface area contributed by atoms with E-state index < -0.39 is 5.97 Å². The van der Waals surface area contributed by atoms with E-state index >= 15 is 0 Å². The van der Waals surface area contributed by atoms with Crippen molar-refractivity contribution in [1.29, 1.82) is 0 Å². The fraction of sp³-hybridized carbons (Fsp3) is 0.524. The molecule has 0 spiro atoms. The van der Waals surface area contributed by atoms with Gasteiger partial charge in [0.2, 0.25) is 0 Å². The lowest BCUT2D eigenvalue weighted by Gasteiger charge is -2.21. The van der Waals surface area contributed by atoms with E-state index in [2.05, 4.69) is 10.8 Å². The lowest BCUT2D eigenvalue weighted by molar-refractivity contribution is -0.142. The predicted octanol–water partition coefficient (Wildman–Crippen LogP) is 4.13. The first kappa shape index (κ1) is 17.1. The second-order valence-corrected chi connectivity index (χ2v) is 7.41. The Balaban J connectivity index is 1.72. The molecule has 2 heterocycles. The lowest BCUT2D eigenvalue weighted by Crippen LogP contribution is -2.20. The molecule has 2 aromatic heterocycles. The third kappa shape index (κ3) is 3.22. The zero-order valence-electron chi connectivity index (χ0n) is 15.2. The van der Waals surface area contributed by atoms with Gasteiger partial charge in [-0.25, -0.2) is 4.79 Å². The lowest BCUT2D eigenvalue weighted by atomic mass is 9.84. The van der Waals surface area contributed by atoms with Crippen molar-refractivity contribution in [3.05, 3.63) is 35.7 Å². The molecule has 0 unspecified atom stereocenters. The van der Waals surface area contributed by atoms with E-state index in [-0.39, 0.29) is 18.3 Å². The SMILES string of the molecule is COC(=O)COc1cccn2c(C(=O)C3CCCCC3)c(C3CC3)cc12. The highest BCUT2D eigenvalue weighted by Crippen LogP contribution is 2.45. The molecule has 4 rings (SSSR count). The van der Waals surface area contributed by atoms with Gasteiger partial charge in [0.15, 0.2) is 12.4 Å². The van der Waals surface area contributed by atoms with Crippen LogP contribution in [0.1, 0.15) is 66.9 Å². The van der Waals surface area contributed by atoms with Crippen LogP contribution < -0.4 is 4.74 Å². The first-order valence-corrected chi connectivity index (χ1v) is 9.57. The number of esters is 1. The van der Waals surface area contributed by atoms with E-state index in [1.54, 1.807) is 0 Å². The van der Waals surface area contributed by atoms with Gasteiger partial charge in [0, 0.05) is 12.1 Å². The molecule has 0 aromatic carbocycles. The third-order valence-electron chi connectivity index (χ3n) is 5.60. The maximum atomic E-state index is 13.3. The first-order valence-electron chi connectivity index (χ1n) is 9.57. The van der Waals surface area contributed by atoms with Crippen molar-refractivity contribution in [1.82, 2.24) is 4.40 Å². The fourth-order valence-electron chi connectivity index (χ4n) is 4.03. The Labute approximate surface area is 153 Å². The van der Waals surface area contributed by atoms with Gasteiger partial charge >= 0.3 is 5.97 Å². The zero-order chi connectivity index (χ0) is 18.1. The van der Waals surface area contributed by atoms with Crippen LogP contribution in [-0.2, 0) is 9.53 Å². The molecule has 2 aliphatic carbocycles. The Morgan fingerprint density at radius 2 is 1.92 bits per heavy atom. The third-order valence-corrected chi connectivity index (χ3v) is 5.60. The van der Waals surface area contributed by atoms with Crippen LogP contribution in [0.4, 0.5) is 0 Å². The number of ketones is 1. The number of hydrogen-bond donors (Lipinski definition) is 0. The molecule has 0 aliphatic heterocycles. The van der Waals surface area contributed by atoms with Gasteiger partial charge in [-0.3, -0.25) is 4.79 Å². The highest BCUT2D eigenvalue weighted by Gasteiger charge is 2.34. The smallest absolute Gasteiger partial charge is 0.343 e. The number of aromatic nitrogens is 1. The standard InChI is InChI=1S/C21H25NO4/c1-25-19(23)13-26-18-8-5-11-22-17(18)12-16(14-9-10-14)20(22)21(24)15-6-3-2-4-7-15/h5,8,11-12,14-15H,2-4,6-7,9-10,13H2,1H3. The summed E-state index contributed by atoms with van der Waals surface area (Å²) in [5.74, 6) is 1.09. The molecule has 5 heteroatoms. The van der Waals surface area contributed by atoms with Gasteiger partial charge in [-0.15, -0.1) is 0 Å². The van der Waals surface area contributed by atoms with E-state index in [0.717, 1.165) is 55.3 Å². The summed E-state index contributed by atoms with van der Waals surface area (Å²) in [6, 6.07) is 5.79. The Bertz CT molecular complexity index is 828. The Morgan fingerprint density at radius 1 is 1.15 bits per heavy atom. The molecule has 2 saturated carbocycles. The molecule has 5 nitrogen and oxygen atoms in total. The summed E-state index contributed by atoms with van der Waals surface area (Å²) in [5.41, 5.74) is 2.84. The second kappa shape index (κ2) is 7.14. The van der Waals surface area contributed by atoms with Gasteiger partial charge in [0.25, 0.3) is 0 Å². The molecule has 0 saturated heterocycles. The first-order chi connectivity index (χ1) is 12.7. The van der Waals surface area contributed by atoms with Crippen LogP contribution in [0.2, 0.25) is 0 Å². The van der Waals surface area contributed by atoms with Crippen LogP contribution >= 0.6 is 0 Å². The number of nitrogens with zero attached hydrogens (tertiary/aromatic N) is 1. The van der Waals surface area contributed by atoms with E-state index in [4.69, 9.17) is 4.74 Å². The molecule has 0 bridgehead atoms. The minimum absolute atomic E-state index is 0.133. The molecule has 26 heavy (non-hydrogen) atoms. The zero-order valence-corrected chi connectivity index (χ0v) is 15.2. The molecule has 2 aliphatic rings. The Morgan fingerprint density at radius 3 is 2.62 bits per heavy atom. The summed E-state index contributed by atoms with van der Waals surface area (Å²) in [5, 5.41) is 0. The van der Waals surface area contributed by atoms with Gasteiger partial charge in [0.05, 0.1) is 18.3 Å². The molecule has 0 atom stereocenters. The van der Waals surface area contributed by atoms with Gasteiger partial charge in [-0.05, 0) is 55.4 Å². The normalized spacial score (nSPS) is 18.0. The van der Waals surface area contributed by atoms with Crippen LogP contribution in [0.5, 0.6) is 5.75 Å². The molecule has 0 radical (unpaired) electrons. The van der Waals surface area contributed by atoms with Gasteiger partial charge in [0.1, 0.15) is 5.75 Å². The van der Waals surface area contributed by atoms with Crippen molar-refractivity contribution in [3.63, 3.8) is 0 Å². The van der Waals surface area contributed by atoms with Crippen LogP contribution in [-0.4, -0.2) is 29.9 Å². The molecule has 2 aromatic rings. The quantitative estimate of drug-likeness (QED) is 0.577. The topological polar surface area (TPSA) is 57.0 Å². The summed E-state index contributed by atoms with van der Waals surface area (Å²) in [7, 11) is 1.34. The number of Topliss-reactive ketones (excluding diaryl/α,β-unsaturated/α-hetero) is 1.